The second-order valence-corrected chi connectivity index (χ2v) is 6.36. The highest BCUT2D eigenvalue weighted by molar-refractivity contribution is 5.75. The summed E-state index contributed by atoms with van der Waals surface area (Å²) in [5.74, 6) is 0. The number of aliphatic hydroxyl groups excluding tert-OH is 1. The van der Waals surface area contributed by atoms with Gasteiger partial charge in [0.05, 0.1) is 5.54 Å². The van der Waals surface area contributed by atoms with Crippen LogP contribution in [-0.2, 0) is 6.42 Å². The van der Waals surface area contributed by atoms with Crippen molar-refractivity contribution in [1.29, 1.82) is 0 Å². The summed E-state index contributed by atoms with van der Waals surface area (Å²) in [7, 11) is 0. The van der Waals surface area contributed by atoms with Gasteiger partial charge in [-0.2, -0.15) is 0 Å². The van der Waals surface area contributed by atoms with Crippen molar-refractivity contribution in [2.45, 2.75) is 50.5 Å². The number of hydrogen-bond acceptors (Lipinski definition) is 3. The third-order valence-corrected chi connectivity index (χ3v) is 4.52. The molecule has 0 saturated heterocycles. The predicted octanol–water partition coefficient (Wildman–Crippen LogP) is 3.53. The summed E-state index contributed by atoms with van der Waals surface area (Å²) < 4.78 is 0. The van der Waals surface area contributed by atoms with Crippen LogP contribution in [0.25, 0.3) is 0 Å². The monoisotopic (exact) mass is 314 g/mol. The van der Waals surface area contributed by atoms with Gasteiger partial charge >= 0.3 is 0 Å². The first-order chi connectivity index (χ1) is 11.3. The van der Waals surface area contributed by atoms with Gasteiger partial charge in [-0.25, -0.2) is 0 Å². The average Bonchev–Trinajstić information content (AvgIpc) is 3.03. The Labute approximate surface area is 140 Å². The zero-order chi connectivity index (χ0) is 16.2. The molecule has 2 rings (SSSR count). The standard InChI is InChI=1S/C20H30N2O/c23-18-14-20(13-8-16-22-20)12-6-1-2-7-15-21-17-11-19-9-4-3-5-10-19/h3-5,8-10,13,16,21,23H,1-2,6-7,11-12,14-15,17-18H2. The minimum atomic E-state index is -0.108. The predicted molar refractivity (Wildman–Crippen MR) is 98.2 cm³/mol. The van der Waals surface area contributed by atoms with Crippen LogP contribution in [0.5, 0.6) is 0 Å². The van der Waals surface area contributed by atoms with Crippen molar-refractivity contribution >= 4 is 6.21 Å². The molecule has 1 aromatic rings. The first kappa shape index (κ1) is 17.9. The highest BCUT2D eigenvalue weighted by atomic mass is 16.3. The van der Waals surface area contributed by atoms with Crippen LogP contribution in [0.15, 0.2) is 47.5 Å². The number of benzene rings is 1. The van der Waals surface area contributed by atoms with Crippen molar-refractivity contribution < 1.29 is 5.11 Å². The Morgan fingerprint density at radius 3 is 2.52 bits per heavy atom. The SMILES string of the molecule is OCCC1(CCCCCCNCCc2ccccc2)C=CC=N1. The molecule has 126 valence electrons. The summed E-state index contributed by atoms with van der Waals surface area (Å²) in [4.78, 5) is 4.54. The molecule has 1 atom stereocenters. The lowest BCUT2D eigenvalue weighted by atomic mass is 9.90. The maximum atomic E-state index is 9.18. The van der Waals surface area contributed by atoms with E-state index in [9.17, 15) is 5.11 Å². The number of hydrogen-bond donors (Lipinski definition) is 2. The Hall–Kier alpha value is -1.45. The van der Waals surface area contributed by atoms with Crippen molar-refractivity contribution in [3.8, 4) is 0 Å². The molecule has 0 radical (unpaired) electrons. The molecule has 0 aliphatic carbocycles. The Morgan fingerprint density at radius 1 is 0.957 bits per heavy atom. The second-order valence-electron chi connectivity index (χ2n) is 6.36. The Kier molecular flexibility index (Phi) is 8.05. The van der Waals surface area contributed by atoms with Crippen molar-refractivity contribution in [2.24, 2.45) is 4.99 Å². The molecular weight excluding hydrogens is 284 g/mol. The Balaban J connectivity index is 1.45. The molecule has 2 N–H and O–H groups in total. The smallest absolute Gasteiger partial charge is 0.0813 e. The lowest BCUT2D eigenvalue weighted by Gasteiger charge is -2.23. The summed E-state index contributed by atoms with van der Waals surface area (Å²) in [6, 6.07) is 10.6. The van der Waals surface area contributed by atoms with Crippen LogP contribution < -0.4 is 5.32 Å². The molecule has 1 unspecified atom stereocenters. The van der Waals surface area contributed by atoms with E-state index in [-0.39, 0.29) is 12.1 Å². The van der Waals surface area contributed by atoms with Gasteiger partial charge in [0.15, 0.2) is 0 Å². The fourth-order valence-corrected chi connectivity index (χ4v) is 3.11. The van der Waals surface area contributed by atoms with Crippen LogP contribution in [0.4, 0.5) is 0 Å². The van der Waals surface area contributed by atoms with Gasteiger partial charge in [-0.15, -0.1) is 0 Å². The van der Waals surface area contributed by atoms with Crippen LogP contribution in [-0.4, -0.2) is 36.6 Å². The minimum Gasteiger partial charge on any atom is -0.396 e. The first-order valence-electron chi connectivity index (χ1n) is 8.93. The molecule has 1 aliphatic rings. The zero-order valence-electron chi connectivity index (χ0n) is 14.1. The highest BCUT2D eigenvalue weighted by Gasteiger charge is 2.26. The van der Waals surface area contributed by atoms with Crippen molar-refractivity contribution in [3.05, 3.63) is 48.0 Å². The molecule has 23 heavy (non-hydrogen) atoms. The third kappa shape index (κ3) is 6.67. The fourth-order valence-electron chi connectivity index (χ4n) is 3.11. The summed E-state index contributed by atoms with van der Waals surface area (Å²) in [6.07, 6.45) is 13.9. The average molecular weight is 314 g/mol. The van der Waals surface area contributed by atoms with Crippen LogP contribution in [0.3, 0.4) is 0 Å². The van der Waals surface area contributed by atoms with E-state index >= 15 is 0 Å². The number of nitrogens with one attached hydrogen (secondary N) is 1. The van der Waals surface area contributed by atoms with Crippen molar-refractivity contribution in [1.82, 2.24) is 5.32 Å². The number of nitrogens with zero attached hydrogens (tertiary/aromatic N) is 1. The van der Waals surface area contributed by atoms with Gasteiger partial charge in [0.1, 0.15) is 0 Å². The van der Waals surface area contributed by atoms with Gasteiger partial charge in [-0.1, -0.05) is 55.7 Å². The number of allylic oxidation sites excluding steroid dienone is 1. The van der Waals surface area contributed by atoms with Gasteiger partial charge in [-0.05, 0) is 50.4 Å². The topological polar surface area (TPSA) is 44.6 Å². The number of rotatable bonds is 12. The van der Waals surface area contributed by atoms with Gasteiger partial charge in [0.2, 0.25) is 0 Å². The zero-order valence-corrected chi connectivity index (χ0v) is 14.1. The molecule has 3 nitrogen and oxygen atoms in total. The molecule has 0 bridgehead atoms. The van der Waals surface area contributed by atoms with E-state index in [0.29, 0.717) is 0 Å². The molecule has 3 heteroatoms. The normalized spacial score (nSPS) is 19.5. The van der Waals surface area contributed by atoms with Gasteiger partial charge in [0.25, 0.3) is 0 Å². The van der Waals surface area contributed by atoms with Crippen molar-refractivity contribution in [2.75, 3.05) is 19.7 Å². The Morgan fingerprint density at radius 2 is 1.78 bits per heavy atom. The van der Waals surface area contributed by atoms with E-state index in [2.05, 4.69) is 46.7 Å². The van der Waals surface area contributed by atoms with Crippen LogP contribution in [0.2, 0.25) is 0 Å². The number of unbranched alkanes of at least 4 members (excludes halogenated alkanes) is 3. The molecule has 0 amide bonds. The molecule has 0 fully saturated rings. The van der Waals surface area contributed by atoms with E-state index in [4.69, 9.17) is 0 Å². The molecule has 0 spiro atoms. The number of aliphatic hydroxyl groups is 1. The minimum absolute atomic E-state index is 0.108. The van der Waals surface area contributed by atoms with Crippen LogP contribution in [0.1, 0.15) is 44.1 Å². The molecular formula is C20H30N2O. The van der Waals surface area contributed by atoms with Gasteiger partial charge in [-0.3, -0.25) is 4.99 Å². The lowest BCUT2D eigenvalue weighted by Crippen LogP contribution is -2.23. The molecule has 0 aromatic heterocycles. The van der Waals surface area contributed by atoms with Crippen molar-refractivity contribution in [3.63, 3.8) is 0 Å². The Bertz CT molecular complexity index is 470. The molecule has 1 aliphatic heterocycles. The van der Waals surface area contributed by atoms with E-state index in [1.807, 2.05) is 12.3 Å². The summed E-state index contributed by atoms with van der Waals surface area (Å²) in [5.41, 5.74) is 1.29. The van der Waals surface area contributed by atoms with E-state index in [0.717, 1.165) is 32.4 Å². The second kappa shape index (κ2) is 10.3. The summed E-state index contributed by atoms with van der Waals surface area (Å²) >= 11 is 0. The van der Waals surface area contributed by atoms with Crippen LogP contribution in [0, 0.1) is 0 Å². The molecule has 1 heterocycles. The quantitative estimate of drug-likeness (QED) is 0.580. The van der Waals surface area contributed by atoms with E-state index < -0.39 is 0 Å². The lowest BCUT2D eigenvalue weighted by molar-refractivity contribution is 0.252. The maximum Gasteiger partial charge on any atom is 0.0813 e. The third-order valence-electron chi connectivity index (χ3n) is 4.52. The molecule has 0 saturated carbocycles. The van der Waals surface area contributed by atoms with Crippen LogP contribution >= 0.6 is 0 Å². The number of aliphatic imine (C=N–C) groups is 1. The van der Waals surface area contributed by atoms with Gasteiger partial charge < -0.3 is 10.4 Å². The first-order valence-corrected chi connectivity index (χ1v) is 8.93. The summed E-state index contributed by atoms with van der Waals surface area (Å²) in [5, 5.41) is 12.7. The molecule has 1 aromatic carbocycles. The highest BCUT2D eigenvalue weighted by Crippen LogP contribution is 2.28. The maximum absolute atomic E-state index is 9.18. The van der Waals surface area contributed by atoms with E-state index in [1.54, 1.807) is 0 Å². The van der Waals surface area contributed by atoms with E-state index in [1.165, 1.54) is 31.2 Å². The summed E-state index contributed by atoms with van der Waals surface area (Å²) in [6.45, 7) is 2.38. The fraction of sp³-hybridized carbons (Fsp3) is 0.550. The largest absolute Gasteiger partial charge is 0.396 e. The van der Waals surface area contributed by atoms with Gasteiger partial charge in [0, 0.05) is 12.8 Å².